The zero-order valence-corrected chi connectivity index (χ0v) is 20.6. The zero-order chi connectivity index (χ0) is 22.5. The number of nitrogens with zero attached hydrogens (tertiary/aromatic N) is 4. The molecular weight excluding hydrogens is 473 g/mol. The van der Waals surface area contributed by atoms with Crippen LogP contribution < -0.4 is 0 Å². The molecule has 1 N–H and O–H groups in total. The Labute approximate surface area is 199 Å². The van der Waals surface area contributed by atoms with Gasteiger partial charge in [0, 0.05) is 51.4 Å². The molecule has 0 spiro atoms. The average molecular weight is 506 g/mol. The molecule has 0 fully saturated rings. The topological polar surface area (TPSA) is 71.8 Å². The summed E-state index contributed by atoms with van der Waals surface area (Å²) in [7, 11) is 1.00. The van der Waals surface area contributed by atoms with Crippen LogP contribution in [0.15, 0.2) is 97.6 Å². The van der Waals surface area contributed by atoms with Crippen molar-refractivity contribution < 1.29 is 24.6 Å². The van der Waals surface area contributed by atoms with Crippen LogP contribution in [-0.2, 0) is 19.5 Å². The third-order valence-electron chi connectivity index (χ3n) is 3.18. The Bertz CT molecular complexity index is 699. The van der Waals surface area contributed by atoms with E-state index in [1.54, 1.807) is 24.8 Å². The Morgan fingerprint density at radius 2 is 0.613 bits per heavy atom. The second-order valence-corrected chi connectivity index (χ2v) is 4.86. The second kappa shape index (κ2) is 21.9. The van der Waals surface area contributed by atoms with Gasteiger partial charge in [-0.15, -0.1) is 0 Å². The quantitative estimate of drug-likeness (QED) is 0.341. The number of pyridine rings is 4. The van der Waals surface area contributed by atoms with E-state index in [2.05, 4.69) is 19.9 Å². The number of rotatable bonds is 2. The van der Waals surface area contributed by atoms with Crippen LogP contribution in [0.3, 0.4) is 0 Å². The average Bonchev–Trinajstić information content (AvgIpc) is 2.90. The minimum Gasteiger partial charge on any atom is -0.400 e. The molecule has 0 amide bonds. The van der Waals surface area contributed by atoms with E-state index in [4.69, 9.17) is 5.11 Å². The van der Waals surface area contributed by atoms with Crippen LogP contribution in [0, 0.1) is 0 Å². The molecule has 0 radical (unpaired) electrons. The van der Waals surface area contributed by atoms with Gasteiger partial charge in [-0.05, 0) is 48.5 Å². The SMILES string of the molecule is CC.CC.CO.[Ru].c1ccc(-c2ccccn2)nc1.c1ccc(-c2ccccn2)nc1. The van der Waals surface area contributed by atoms with Crippen molar-refractivity contribution in [1.82, 2.24) is 19.9 Å². The molecule has 0 aliphatic rings. The molecule has 0 atom stereocenters. The Morgan fingerprint density at radius 1 is 0.419 bits per heavy atom. The summed E-state index contributed by atoms with van der Waals surface area (Å²) >= 11 is 0. The number of aromatic nitrogens is 4. The summed E-state index contributed by atoms with van der Waals surface area (Å²) < 4.78 is 0. The molecule has 31 heavy (non-hydrogen) atoms. The molecule has 0 aliphatic carbocycles. The predicted octanol–water partition coefficient (Wildman–Crippen LogP) is 5.95. The molecule has 6 heteroatoms. The first kappa shape index (κ1) is 30.4. The van der Waals surface area contributed by atoms with Crippen molar-refractivity contribution in [2.24, 2.45) is 0 Å². The van der Waals surface area contributed by atoms with Gasteiger partial charge in [0.15, 0.2) is 0 Å². The standard InChI is InChI=1S/2C10H8N2.2C2H6.CH4O.Ru/c2*1-3-7-11-9(5-1)10-6-2-4-8-12-10;3*1-2;/h2*1-8H;2*1-2H3;2H,1H3;. The first-order chi connectivity index (χ1) is 14.9. The van der Waals surface area contributed by atoms with Crippen LogP contribution in [0.5, 0.6) is 0 Å². The van der Waals surface area contributed by atoms with Crippen molar-refractivity contribution in [3.63, 3.8) is 0 Å². The molecule has 4 aromatic heterocycles. The summed E-state index contributed by atoms with van der Waals surface area (Å²) in [4.78, 5) is 16.7. The third kappa shape index (κ3) is 12.5. The van der Waals surface area contributed by atoms with Crippen LogP contribution in [-0.4, -0.2) is 32.2 Å². The summed E-state index contributed by atoms with van der Waals surface area (Å²) in [6.07, 6.45) is 7.07. The molecular formula is C25H32N4ORu. The molecule has 0 saturated carbocycles. The van der Waals surface area contributed by atoms with Gasteiger partial charge in [-0.3, -0.25) is 19.9 Å². The van der Waals surface area contributed by atoms with Gasteiger partial charge in [-0.25, -0.2) is 0 Å². The van der Waals surface area contributed by atoms with Crippen LogP contribution in [0.2, 0.25) is 0 Å². The van der Waals surface area contributed by atoms with Gasteiger partial charge in [0.1, 0.15) is 0 Å². The molecule has 0 unspecified atom stereocenters. The fourth-order valence-electron chi connectivity index (χ4n) is 2.06. The van der Waals surface area contributed by atoms with Gasteiger partial charge in [0.05, 0.1) is 22.8 Å². The molecule has 4 heterocycles. The van der Waals surface area contributed by atoms with E-state index in [9.17, 15) is 0 Å². The van der Waals surface area contributed by atoms with E-state index in [1.807, 2.05) is 100 Å². The number of aliphatic hydroxyl groups excluding tert-OH is 1. The fourth-order valence-corrected chi connectivity index (χ4v) is 2.06. The van der Waals surface area contributed by atoms with Gasteiger partial charge in [0.25, 0.3) is 0 Å². The van der Waals surface area contributed by atoms with E-state index in [0.717, 1.165) is 29.9 Å². The maximum atomic E-state index is 7.00. The molecule has 4 aromatic rings. The second-order valence-electron chi connectivity index (χ2n) is 4.86. The maximum absolute atomic E-state index is 7.00. The van der Waals surface area contributed by atoms with E-state index >= 15 is 0 Å². The van der Waals surface area contributed by atoms with Crippen LogP contribution in [0.4, 0.5) is 0 Å². The van der Waals surface area contributed by atoms with Crippen LogP contribution in [0.1, 0.15) is 27.7 Å². The van der Waals surface area contributed by atoms with Crippen LogP contribution in [0.25, 0.3) is 22.8 Å². The van der Waals surface area contributed by atoms with Crippen molar-refractivity contribution in [2.45, 2.75) is 27.7 Å². The zero-order valence-electron chi connectivity index (χ0n) is 18.8. The molecule has 0 bridgehead atoms. The molecule has 5 nitrogen and oxygen atoms in total. The molecule has 4 rings (SSSR count). The van der Waals surface area contributed by atoms with Crippen molar-refractivity contribution in [2.75, 3.05) is 7.11 Å². The van der Waals surface area contributed by atoms with Gasteiger partial charge in [-0.1, -0.05) is 52.0 Å². The van der Waals surface area contributed by atoms with E-state index in [1.165, 1.54) is 0 Å². The first-order valence-corrected chi connectivity index (χ1v) is 10.0. The normalized spacial score (nSPS) is 8.06. The van der Waals surface area contributed by atoms with Crippen molar-refractivity contribution in [1.29, 1.82) is 0 Å². The summed E-state index contributed by atoms with van der Waals surface area (Å²) in [5, 5.41) is 7.00. The monoisotopic (exact) mass is 506 g/mol. The van der Waals surface area contributed by atoms with Gasteiger partial charge >= 0.3 is 0 Å². The third-order valence-corrected chi connectivity index (χ3v) is 3.18. The fraction of sp³-hybridized carbons (Fsp3) is 0.200. The van der Waals surface area contributed by atoms with E-state index in [0.29, 0.717) is 0 Å². The number of hydrogen-bond acceptors (Lipinski definition) is 5. The molecule has 0 saturated heterocycles. The minimum atomic E-state index is 0. The van der Waals surface area contributed by atoms with E-state index in [-0.39, 0.29) is 19.5 Å². The molecule has 0 aromatic carbocycles. The van der Waals surface area contributed by atoms with Gasteiger partial charge in [0.2, 0.25) is 0 Å². The minimum absolute atomic E-state index is 0. The predicted molar refractivity (Wildman–Crippen MR) is 126 cm³/mol. The summed E-state index contributed by atoms with van der Waals surface area (Å²) in [6.45, 7) is 8.00. The number of aliphatic hydroxyl groups is 1. The van der Waals surface area contributed by atoms with Crippen LogP contribution >= 0.6 is 0 Å². The van der Waals surface area contributed by atoms with E-state index < -0.39 is 0 Å². The summed E-state index contributed by atoms with van der Waals surface area (Å²) in [6, 6.07) is 23.2. The Hall–Kier alpha value is -2.82. The Morgan fingerprint density at radius 3 is 0.742 bits per heavy atom. The molecule has 166 valence electrons. The summed E-state index contributed by atoms with van der Waals surface area (Å²) in [5.41, 5.74) is 3.66. The smallest absolute Gasteiger partial charge is 0.0886 e. The number of hydrogen-bond donors (Lipinski definition) is 1. The Kier molecular flexibility index (Phi) is 21.4. The largest absolute Gasteiger partial charge is 0.400 e. The van der Waals surface area contributed by atoms with Crippen molar-refractivity contribution in [3.05, 3.63) is 97.6 Å². The summed E-state index contributed by atoms with van der Waals surface area (Å²) in [5.74, 6) is 0. The molecule has 0 aliphatic heterocycles. The maximum Gasteiger partial charge on any atom is 0.0886 e. The first-order valence-electron chi connectivity index (χ1n) is 10.0. The van der Waals surface area contributed by atoms with Crippen molar-refractivity contribution in [3.8, 4) is 22.8 Å². The van der Waals surface area contributed by atoms with Crippen molar-refractivity contribution >= 4 is 0 Å². The van der Waals surface area contributed by atoms with Gasteiger partial charge in [-0.2, -0.15) is 0 Å². The Balaban J connectivity index is 0. The van der Waals surface area contributed by atoms with Gasteiger partial charge < -0.3 is 5.11 Å².